The molecule has 0 saturated carbocycles. The number of ether oxygens (including phenoxy) is 9. The number of hydrogen-bond donors (Lipinski definition) is 9. The number of Topliss-reactive ketones (excluding diaryl/α,β-unsaturated/α-hetero) is 1. The number of halogens is 3. The van der Waals surface area contributed by atoms with E-state index in [0.29, 0.717) is 70.6 Å². The quantitative estimate of drug-likeness (QED) is 0.0610. The first-order valence-corrected chi connectivity index (χ1v) is 33.4. The molecule has 5 aliphatic heterocycles. The molecular formula is C69H142BCl3N6NaO20. The molecule has 5 fully saturated rings. The van der Waals surface area contributed by atoms with Crippen molar-refractivity contribution >= 4 is 74.2 Å². The number of ketones is 1. The summed E-state index contributed by atoms with van der Waals surface area (Å²) in [5.74, 6) is 0.842. The molecule has 5 heterocycles. The van der Waals surface area contributed by atoms with Gasteiger partial charge in [-0.15, -0.1) is 35.6 Å². The minimum Gasteiger partial charge on any atom is -1.00 e. The Balaban J connectivity index is -0.000000119. The third kappa shape index (κ3) is 64.1. The molecule has 0 aromatic heterocycles. The van der Waals surface area contributed by atoms with Crippen LogP contribution < -0.4 is 45.9 Å². The fourth-order valence-corrected chi connectivity index (χ4v) is 7.50. The van der Waals surface area contributed by atoms with Crippen LogP contribution in [0.4, 0.5) is 19.2 Å². The average Bonchev–Trinajstić information content (AvgIpc) is 1.79. The Morgan fingerprint density at radius 2 is 1.00 bits per heavy atom. The van der Waals surface area contributed by atoms with Gasteiger partial charge in [-0.05, 0) is 197 Å². The molecule has 0 aliphatic carbocycles. The van der Waals surface area contributed by atoms with Gasteiger partial charge in [-0.25, -0.2) is 19.2 Å². The van der Waals surface area contributed by atoms with E-state index in [-0.39, 0.29) is 128 Å². The third-order valence-electron chi connectivity index (χ3n) is 12.2. The number of rotatable bonds is 5. The topological polar surface area (TPSA) is 350 Å². The number of carbonyl (C=O) groups is 5. The van der Waals surface area contributed by atoms with Crippen LogP contribution in [0.3, 0.4) is 0 Å². The van der Waals surface area contributed by atoms with E-state index in [1.54, 1.807) is 74.1 Å². The molecule has 4 amide bonds. The summed E-state index contributed by atoms with van der Waals surface area (Å²) in [6.07, 6.45) is 0.367. The van der Waals surface area contributed by atoms with Crippen molar-refractivity contribution in [3.8, 4) is 0 Å². The van der Waals surface area contributed by atoms with Gasteiger partial charge in [-0.2, -0.15) is 0 Å². The molecule has 100 heavy (non-hydrogen) atoms. The normalized spacial score (nSPS) is 19.8. The van der Waals surface area contributed by atoms with Gasteiger partial charge in [0.25, 0.3) is 0 Å². The Hall–Kier alpha value is -2.36. The first kappa shape index (κ1) is 116. The molecule has 0 aromatic rings. The fraction of sp³-hybridized carbons (Fsp3) is 0.870. The number of β-amino-alcohol motifs (C(OH)–C–C–N with tert-alkyl or cyclic N) is 2. The van der Waals surface area contributed by atoms with Crippen LogP contribution in [0.25, 0.3) is 0 Å². The van der Waals surface area contributed by atoms with Crippen LogP contribution in [-0.2, 0) is 47.4 Å². The second-order valence-electron chi connectivity index (χ2n) is 31.2. The SMILES string of the molecule is C.C=C(CCl)CCl.C=C1COCC(C)(C)N(C(=O)OC(C)(C)C)C1.CC(C)(C)OC(=O)N1CC(=O)COCC1(C)C.CC(C)(C)OC(=O)N1CC(O)COCC1(C)C.CC(C)(CO)NC(=O)OC(C)(C)C.CC(C)(N)CO.CC1(C)COCC(O)CN1.CC1CCCO1.CO.CO.Cl.[B].[H-].[Na+]. The summed E-state index contributed by atoms with van der Waals surface area (Å²) in [6.45, 7) is 59.4. The number of nitrogens with zero attached hydrogens (tertiary/aromatic N) is 3. The molecule has 3 atom stereocenters. The van der Waals surface area contributed by atoms with Gasteiger partial charge < -0.3 is 91.1 Å². The fourth-order valence-electron chi connectivity index (χ4n) is 7.21. The summed E-state index contributed by atoms with van der Waals surface area (Å²) < 4.78 is 47.5. The molecule has 26 nitrogen and oxygen atoms in total. The van der Waals surface area contributed by atoms with E-state index < -0.39 is 68.9 Å². The van der Waals surface area contributed by atoms with Crippen LogP contribution in [0, 0.1) is 0 Å². The summed E-state index contributed by atoms with van der Waals surface area (Å²) in [4.78, 5) is 63.6. The molecule has 3 unspecified atom stereocenters. The molecule has 0 aromatic carbocycles. The van der Waals surface area contributed by atoms with Gasteiger partial charge in [0, 0.05) is 65.2 Å². The third-order valence-corrected chi connectivity index (χ3v) is 12.9. The second-order valence-corrected chi connectivity index (χ2v) is 31.7. The van der Waals surface area contributed by atoms with Crippen molar-refractivity contribution in [3.05, 3.63) is 24.3 Å². The first-order chi connectivity index (χ1) is 43.4. The Bertz CT molecular complexity index is 2140. The van der Waals surface area contributed by atoms with Crippen molar-refractivity contribution < 1.29 is 128 Å². The number of aliphatic hydroxyl groups excluding tert-OH is 6. The van der Waals surface area contributed by atoms with Crippen LogP contribution in [0.2, 0.25) is 0 Å². The number of hydrogen-bond acceptors (Lipinski definition) is 22. The smallest absolute Gasteiger partial charge is 1.00 e. The maximum Gasteiger partial charge on any atom is 1.00 e. The monoisotopic (exact) mass is 1510 g/mol. The van der Waals surface area contributed by atoms with E-state index in [1.165, 1.54) is 22.6 Å². The second kappa shape index (κ2) is 55.1. The van der Waals surface area contributed by atoms with Crippen LogP contribution in [0.5, 0.6) is 0 Å². The van der Waals surface area contributed by atoms with Crippen molar-refractivity contribution in [2.75, 3.05) is 125 Å². The Morgan fingerprint density at radius 1 is 0.640 bits per heavy atom. The van der Waals surface area contributed by atoms with Crippen molar-refractivity contribution in [1.82, 2.24) is 25.3 Å². The number of nitrogens with one attached hydrogen (secondary N) is 2. The minimum atomic E-state index is -0.663. The van der Waals surface area contributed by atoms with Crippen molar-refractivity contribution in [1.29, 1.82) is 0 Å². The van der Waals surface area contributed by atoms with Crippen LogP contribution in [0.1, 0.15) is 195 Å². The Kier molecular flexibility index (Phi) is 64.0. The summed E-state index contributed by atoms with van der Waals surface area (Å²) in [5.41, 5.74) is 2.55. The van der Waals surface area contributed by atoms with Crippen LogP contribution in [0.15, 0.2) is 24.3 Å². The van der Waals surface area contributed by atoms with Gasteiger partial charge in [-0.1, -0.05) is 20.6 Å². The van der Waals surface area contributed by atoms with Gasteiger partial charge in [0.15, 0.2) is 5.78 Å². The molecular weight excluding hydrogens is 1370 g/mol. The Labute approximate surface area is 645 Å². The molecule has 0 spiro atoms. The number of amides is 4. The Morgan fingerprint density at radius 3 is 1.34 bits per heavy atom. The van der Waals surface area contributed by atoms with E-state index >= 15 is 0 Å². The zero-order valence-electron chi connectivity index (χ0n) is 67.1. The molecule has 31 heteroatoms. The van der Waals surface area contributed by atoms with Gasteiger partial charge in [0.1, 0.15) is 29.0 Å². The van der Waals surface area contributed by atoms with Crippen molar-refractivity contribution in [2.45, 2.75) is 267 Å². The molecule has 5 aliphatic rings. The van der Waals surface area contributed by atoms with Crippen LogP contribution >= 0.6 is 35.6 Å². The standard InChI is InChI=1S/C13H23NO3.C12H23NO4.C12H21NO4.C9H19NO3.C7H15NO2.C5H10O.C4H6Cl2.C4H11NO.2CH4O.CH4.B.ClH.Na.H/c1-10-7-14(11(15)17-12(2,3)4)13(5,6)9-16-8-10;2*1-11(2,3)17-10(15)13-6-9(14)7-16-8-12(13,4)5;1-8(2,3)13-7(12)10-9(4,5)6-11;1-7(2)5-10-4-6(9)3-8-7;1-5-3-2-4-6-5;1-4(2-5)3-6;1-4(2,5)3-6;2*1-2;;;;;/h1,7-9H2,2-6H3;9,14H,6-8H2,1-5H3;6-8H2,1-5H3;11H,6H2,1-5H3,(H,10,12);6,8-9H,3-5H2,1-2H3;5H,2-4H2,1H3;1-3H2;6H,3,5H2,1-2H3;2*2H,1H3;1H4;;1H;;/q;;;;;;;;;;;;;+1;-1. The summed E-state index contributed by atoms with van der Waals surface area (Å²) >= 11 is 10.5. The van der Waals surface area contributed by atoms with E-state index in [2.05, 4.69) is 44.6 Å². The molecule has 5 saturated heterocycles. The van der Waals surface area contributed by atoms with E-state index in [0.717, 1.165) is 32.0 Å². The number of alkyl carbamates (subject to hydrolysis) is 1. The summed E-state index contributed by atoms with van der Waals surface area (Å²) in [7, 11) is 2.00. The zero-order chi connectivity index (χ0) is 76.7. The predicted octanol–water partition coefficient (Wildman–Crippen LogP) is 6.54. The summed E-state index contributed by atoms with van der Waals surface area (Å²) in [6, 6.07) is 0. The maximum atomic E-state index is 12.1. The maximum absolute atomic E-state index is 12.1. The molecule has 3 radical (unpaired) electrons. The molecule has 0 bridgehead atoms. The number of allylic oxidation sites excluding steroid dienone is 1. The average molecular weight is 1520 g/mol. The largest absolute Gasteiger partial charge is 1.00 e. The van der Waals surface area contributed by atoms with Gasteiger partial charge in [0.2, 0.25) is 0 Å². The van der Waals surface area contributed by atoms with E-state index in [1.807, 2.05) is 83.1 Å². The summed E-state index contributed by atoms with van der Waals surface area (Å²) in [5, 5.41) is 55.7. The van der Waals surface area contributed by atoms with E-state index in [9.17, 15) is 29.1 Å². The number of alkyl halides is 2. The molecule has 10 N–H and O–H groups in total. The minimum absolute atomic E-state index is 0. The van der Waals surface area contributed by atoms with Crippen molar-refractivity contribution in [2.24, 2.45) is 5.73 Å². The van der Waals surface area contributed by atoms with Crippen LogP contribution in [-0.4, -0.2) is 283 Å². The number of nitrogens with two attached hydrogens (primary N) is 1. The van der Waals surface area contributed by atoms with E-state index in [4.69, 9.17) is 97.1 Å². The van der Waals surface area contributed by atoms with Gasteiger partial charge in [-0.3, -0.25) is 19.5 Å². The predicted molar refractivity (Wildman–Crippen MR) is 401 cm³/mol. The van der Waals surface area contributed by atoms with Gasteiger partial charge >= 0.3 is 53.9 Å². The number of aliphatic hydroxyl groups is 6. The van der Waals surface area contributed by atoms with Gasteiger partial charge in [0.05, 0.1) is 113 Å². The first-order valence-electron chi connectivity index (χ1n) is 32.3. The van der Waals surface area contributed by atoms with Crippen molar-refractivity contribution in [3.63, 3.8) is 0 Å². The molecule has 593 valence electrons. The molecule has 5 rings (SSSR count). The number of carbonyl (C=O) groups excluding carboxylic acids is 5. The zero-order valence-corrected chi connectivity index (χ0v) is 70.5.